The number of carbonyl (C=O) groups excluding carboxylic acids is 1. The molecule has 20 heavy (non-hydrogen) atoms. The fourth-order valence-electron chi connectivity index (χ4n) is 1.52. The van der Waals surface area contributed by atoms with Gasteiger partial charge < -0.3 is 9.32 Å². The second-order valence-corrected chi connectivity index (χ2v) is 5.07. The Kier molecular flexibility index (Phi) is 4.57. The number of hydrogen-bond acceptors (Lipinski definition) is 4. The number of nitrogens with one attached hydrogen (secondary N) is 1. The molecule has 0 unspecified atom stereocenters. The molecule has 104 valence electrons. The van der Waals surface area contributed by atoms with Gasteiger partial charge in [-0.3, -0.25) is 4.79 Å². The molecular weight excluding hydrogens is 322 g/mol. The Bertz CT molecular complexity index is 618. The predicted octanol–water partition coefficient (Wildman–Crippen LogP) is 2.87. The van der Waals surface area contributed by atoms with Crippen LogP contribution in [-0.2, 0) is 0 Å². The van der Waals surface area contributed by atoms with Gasteiger partial charge in [-0.15, -0.1) is 0 Å². The van der Waals surface area contributed by atoms with Crippen LogP contribution in [-0.4, -0.2) is 26.2 Å². The van der Waals surface area contributed by atoms with Crippen LogP contribution in [0.5, 0.6) is 0 Å². The van der Waals surface area contributed by atoms with Gasteiger partial charge in [0.25, 0.3) is 0 Å². The van der Waals surface area contributed by atoms with Crippen molar-refractivity contribution in [2.24, 2.45) is 5.10 Å². The lowest BCUT2D eigenvalue weighted by Gasteiger charge is -2.11. The highest BCUT2D eigenvalue weighted by Crippen LogP contribution is 2.13. The highest BCUT2D eigenvalue weighted by Gasteiger charge is 2.08. The van der Waals surface area contributed by atoms with E-state index in [9.17, 15) is 4.79 Å². The first-order valence-electron chi connectivity index (χ1n) is 5.92. The summed E-state index contributed by atoms with van der Waals surface area (Å²) in [6.45, 7) is 0. The van der Waals surface area contributed by atoms with Gasteiger partial charge in [0.05, 0.1) is 6.21 Å². The number of hydrazone groups is 1. The van der Waals surface area contributed by atoms with Crippen LogP contribution in [0.2, 0.25) is 0 Å². The van der Waals surface area contributed by atoms with Crippen LogP contribution in [0.15, 0.2) is 50.6 Å². The van der Waals surface area contributed by atoms with E-state index in [-0.39, 0.29) is 5.76 Å². The second kappa shape index (κ2) is 6.38. The minimum Gasteiger partial charge on any atom is -0.444 e. The molecule has 2 aromatic rings. The van der Waals surface area contributed by atoms with Crippen molar-refractivity contribution in [1.82, 2.24) is 5.43 Å². The summed E-state index contributed by atoms with van der Waals surface area (Å²) in [6, 6.07) is 11.0. The van der Waals surface area contributed by atoms with Crippen LogP contribution in [0.1, 0.15) is 16.1 Å². The fourth-order valence-corrected chi connectivity index (χ4v) is 1.82. The van der Waals surface area contributed by atoms with E-state index in [1.165, 1.54) is 0 Å². The smallest absolute Gasteiger partial charge is 0.307 e. The lowest BCUT2D eigenvalue weighted by Crippen LogP contribution is -2.16. The maximum atomic E-state index is 11.6. The molecule has 0 saturated carbocycles. The number of carbonyl (C=O) groups is 1. The number of rotatable bonds is 4. The number of benzene rings is 1. The van der Waals surface area contributed by atoms with Crippen molar-refractivity contribution in [2.75, 3.05) is 19.0 Å². The SMILES string of the molecule is CN(C)c1ccc(/C=N/NC(=O)c2ccc(Br)o2)cc1. The Morgan fingerprint density at radius 1 is 1.25 bits per heavy atom. The summed E-state index contributed by atoms with van der Waals surface area (Å²) in [7, 11) is 3.95. The van der Waals surface area contributed by atoms with E-state index in [1.807, 2.05) is 43.3 Å². The minimum absolute atomic E-state index is 0.206. The highest BCUT2D eigenvalue weighted by molar-refractivity contribution is 9.10. The van der Waals surface area contributed by atoms with Crippen molar-refractivity contribution in [2.45, 2.75) is 0 Å². The van der Waals surface area contributed by atoms with E-state index in [2.05, 4.69) is 26.5 Å². The Labute approximate surface area is 125 Å². The van der Waals surface area contributed by atoms with Gasteiger partial charge in [0.1, 0.15) is 0 Å². The van der Waals surface area contributed by atoms with Crippen molar-refractivity contribution < 1.29 is 9.21 Å². The number of amides is 1. The van der Waals surface area contributed by atoms with E-state index in [1.54, 1.807) is 18.3 Å². The Balaban J connectivity index is 1.94. The van der Waals surface area contributed by atoms with E-state index in [4.69, 9.17) is 4.42 Å². The quantitative estimate of drug-likeness (QED) is 0.690. The van der Waals surface area contributed by atoms with Gasteiger partial charge in [0.15, 0.2) is 10.4 Å². The van der Waals surface area contributed by atoms with Crippen LogP contribution in [0.4, 0.5) is 5.69 Å². The van der Waals surface area contributed by atoms with Gasteiger partial charge in [0.2, 0.25) is 0 Å². The van der Waals surface area contributed by atoms with E-state index >= 15 is 0 Å². The standard InChI is InChI=1S/C14H14BrN3O2/c1-18(2)11-5-3-10(4-6-11)9-16-17-14(19)12-7-8-13(15)20-12/h3-9H,1-2H3,(H,17,19)/b16-9+. The first-order chi connectivity index (χ1) is 9.56. The van der Waals surface area contributed by atoms with Crippen molar-refractivity contribution in [3.05, 3.63) is 52.4 Å². The summed E-state index contributed by atoms with van der Waals surface area (Å²) >= 11 is 3.13. The number of anilines is 1. The molecule has 0 atom stereocenters. The Morgan fingerprint density at radius 3 is 2.50 bits per heavy atom. The van der Waals surface area contributed by atoms with Crippen LogP contribution in [0.3, 0.4) is 0 Å². The molecule has 0 fully saturated rings. The molecule has 6 heteroatoms. The zero-order valence-electron chi connectivity index (χ0n) is 11.1. The molecule has 0 saturated heterocycles. The summed E-state index contributed by atoms with van der Waals surface area (Å²) in [4.78, 5) is 13.7. The summed E-state index contributed by atoms with van der Waals surface area (Å²) in [6.07, 6.45) is 1.58. The zero-order valence-corrected chi connectivity index (χ0v) is 12.7. The maximum Gasteiger partial charge on any atom is 0.307 e. The highest BCUT2D eigenvalue weighted by atomic mass is 79.9. The second-order valence-electron chi connectivity index (χ2n) is 4.29. The topological polar surface area (TPSA) is 57.8 Å². The molecule has 0 aliphatic heterocycles. The molecule has 0 spiro atoms. The molecule has 1 N–H and O–H groups in total. The van der Waals surface area contributed by atoms with Gasteiger partial charge in [-0.1, -0.05) is 12.1 Å². The first kappa shape index (κ1) is 14.3. The molecular formula is C14H14BrN3O2. The summed E-state index contributed by atoms with van der Waals surface area (Å²) in [5.41, 5.74) is 4.41. The van der Waals surface area contributed by atoms with Crippen molar-refractivity contribution >= 4 is 33.7 Å². The molecule has 0 radical (unpaired) electrons. The summed E-state index contributed by atoms with van der Waals surface area (Å²) < 4.78 is 5.62. The largest absolute Gasteiger partial charge is 0.444 e. The lowest BCUT2D eigenvalue weighted by molar-refractivity contribution is 0.0926. The van der Waals surface area contributed by atoms with E-state index in [0.717, 1.165) is 11.3 Å². The van der Waals surface area contributed by atoms with Gasteiger partial charge >= 0.3 is 5.91 Å². The molecule has 1 amide bonds. The number of furan rings is 1. The third kappa shape index (κ3) is 3.71. The third-order valence-corrected chi connectivity index (χ3v) is 3.01. The lowest BCUT2D eigenvalue weighted by atomic mass is 10.2. The molecule has 5 nitrogen and oxygen atoms in total. The van der Waals surface area contributed by atoms with Crippen molar-refractivity contribution in [3.8, 4) is 0 Å². The predicted molar refractivity (Wildman–Crippen MR) is 82.2 cm³/mol. The van der Waals surface area contributed by atoms with Gasteiger partial charge in [0, 0.05) is 19.8 Å². The molecule has 1 aromatic heterocycles. The molecule has 1 aromatic carbocycles. The average Bonchev–Trinajstić information content (AvgIpc) is 2.86. The van der Waals surface area contributed by atoms with Crippen molar-refractivity contribution in [1.29, 1.82) is 0 Å². The maximum absolute atomic E-state index is 11.6. The Morgan fingerprint density at radius 2 is 1.95 bits per heavy atom. The van der Waals surface area contributed by atoms with Gasteiger partial charge in [-0.25, -0.2) is 5.43 Å². The van der Waals surface area contributed by atoms with Crippen LogP contribution >= 0.6 is 15.9 Å². The minimum atomic E-state index is -0.392. The monoisotopic (exact) mass is 335 g/mol. The molecule has 2 rings (SSSR count). The first-order valence-corrected chi connectivity index (χ1v) is 6.71. The number of halogens is 1. The number of nitrogens with zero attached hydrogens (tertiary/aromatic N) is 2. The van der Waals surface area contributed by atoms with Crippen molar-refractivity contribution in [3.63, 3.8) is 0 Å². The fraction of sp³-hybridized carbons (Fsp3) is 0.143. The van der Waals surface area contributed by atoms with Crippen LogP contribution < -0.4 is 10.3 Å². The average molecular weight is 336 g/mol. The molecule has 0 bridgehead atoms. The zero-order chi connectivity index (χ0) is 14.5. The normalized spacial score (nSPS) is 10.8. The molecule has 0 aliphatic carbocycles. The van der Waals surface area contributed by atoms with Gasteiger partial charge in [-0.2, -0.15) is 5.10 Å². The van der Waals surface area contributed by atoms with Crippen LogP contribution in [0, 0.1) is 0 Å². The Hall–Kier alpha value is -2.08. The summed E-state index contributed by atoms with van der Waals surface area (Å²) in [5.74, 6) is -0.186. The molecule has 1 heterocycles. The molecule has 0 aliphatic rings. The van der Waals surface area contributed by atoms with Gasteiger partial charge in [-0.05, 0) is 45.8 Å². The van der Waals surface area contributed by atoms with E-state index < -0.39 is 5.91 Å². The summed E-state index contributed by atoms with van der Waals surface area (Å²) in [5, 5.41) is 3.89. The number of hydrogen-bond donors (Lipinski definition) is 1. The van der Waals surface area contributed by atoms with Crippen LogP contribution in [0.25, 0.3) is 0 Å². The third-order valence-electron chi connectivity index (χ3n) is 2.59. The van der Waals surface area contributed by atoms with E-state index in [0.29, 0.717) is 4.67 Å².